The van der Waals surface area contributed by atoms with Gasteiger partial charge in [0.1, 0.15) is 29.8 Å². The number of carbonyl (C=O) groups excluding carboxylic acids is 1. The minimum Gasteiger partial charge on any atom is -0.488 e. The molecule has 1 amide bonds. The van der Waals surface area contributed by atoms with E-state index in [4.69, 9.17) is 9.84 Å². The van der Waals surface area contributed by atoms with Gasteiger partial charge in [-0.3, -0.25) is 4.79 Å². The number of amides is 1. The number of carboxylic acid groups (broad SMARTS) is 1. The van der Waals surface area contributed by atoms with Crippen molar-refractivity contribution in [1.29, 1.82) is 5.26 Å². The molecule has 0 fully saturated rings. The Morgan fingerprint density at radius 2 is 1.88 bits per heavy atom. The molecule has 0 atom stereocenters. The topological polar surface area (TPSA) is 99.4 Å². The van der Waals surface area contributed by atoms with E-state index in [2.05, 4.69) is 21.2 Å². The molecule has 6 nitrogen and oxygen atoms in total. The first-order valence-electron chi connectivity index (χ1n) is 9.29. The van der Waals surface area contributed by atoms with Gasteiger partial charge in [0.15, 0.2) is 0 Å². The summed E-state index contributed by atoms with van der Waals surface area (Å²) in [5, 5.41) is 21.1. The molecule has 0 radical (unpaired) electrons. The smallest absolute Gasteiger partial charge is 0.335 e. The highest BCUT2D eigenvalue weighted by molar-refractivity contribution is 9.10. The predicted molar refractivity (Wildman–Crippen MR) is 120 cm³/mol. The van der Waals surface area contributed by atoms with Crippen molar-refractivity contribution in [3.8, 4) is 11.8 Å². The summed E-state index contributed by atoms with van der Waals surface area (Å²) in [4.78, 5) is 23.7. The van der Waals surface area contributed by atoms with E-state index in [-0.39, 0.29) is 29.2 Å². The summed E-state index contributed by atoms with van der Waals surface area (Å²) in [5.74, 6) is -1.75. The molecule has 3 rings (SSSR count). The second-order valence-electron chi connectivity index (χ2n) is 6.61. The number of carbonyl (C=O) groups is 2. The summed E-state index contributed by atoms with van der Waals surface area (Å²) in [7, 11) is 0. The molecule has 0 aromatic heterocycles. The maximum Gasteiger partial charge on any atom is 0.335 e. The molecule has 0 bridgehead atoms. The lowest BCUT2D eigenvalue weighted by Gasteiger charge is -2.11. The summed E-state index contributed by atoms with van der Waals surface area (Å²) in [6.45, 7) is 0.165. The third kappa shape index (κ3) is 6.03. The number of aromatic carboxylic acids is 1. The molecular formula is C24H16BrFN2O4. The van der Waals surface area contributed by atoms with Crippen LogP contribution in [0, 0.1) is 17.1 Å². The maximum atomic E-state index is 13.1. The zero-order valence-corrected chi connectivity index (χ0v) is 18.1. The predicted octanol–water partition coefficient (Wildman–Crippen LogP) is 5.41. The third-order valence-corrected chi connectivity index (χ3v) is 4.80. The Kier molecular flexibility index (Phi) is 7.37. The van der Waals surface area contributed by atoms with Crippen molar-refractivity contribution in [3.05, 3.63) is 99.3 Å². The summed E-state index contributed by atoms with van der Waals surface area (Å²) >= 11 is 3.36. The van der Waals surface area contributed by atoms with Crippen molar-refractivity contribution in [3.63, 3.8) is 0 Å². The number of hydrogen-bond donors (Lipinski definition) is 2. The van der Waals surface area contributed by atoms with Gasteiger partial charge in [-0.15, -0.1) is 0 Å². The van der Waals surface area contributed by atoms with Gasteiger partial charge < -0.3 is 15.2 Å². The van der Waals surface area contributed by atoms with Gasteiger partial charge >= 0.3 is 5.97 Å². The van der Waals surface area contributed by atoms with E-state index >= 15 is 0 Å². The Morgan fingerprint density at radius 3 is 2.56 bits per heavy atom. The Morgan fingerprint density at radius 1 is 1.12 bits per heavy atom. The lowest BCUT2D eigenvalue weighted by molar-refractivity contribution is -0.112. The van der Waals surface area contributed by atoms with E-state index in [0.717, 1.165) is 5.56 Å². The number of hydrogen-bond acceptors (Lipinski definition) is 4. The fraction of sp³-hybridized carbons (Fsp3) is 0.0417. The molecule has 32 heavy (non-hydrogen) atoms. The molecule has 160 valence electrons. The highest BCUT2D eigenvalue weighted by Crippen LogP contribution is 2.27. The van der Waals surface area contributed by atoms with E-state index in [1.165, 1.54) is 42.5 Å². The van der Waals surface area contributed by atoms with E-state index in [1.807, 2.05) is 6.07 Å². The minimum atomic E-state index is -1.13. The molecule has 0 saturated carbocycles. The van der Waals surface area contributed by atoms with Crippen LogP contribution in [-0.2, 0) is 11.4 Å². The maximum absolute atomic E-state index is 13.1. The third-order valence-electron chi connectivity index (χ3n) is 4.31. The number of nitrogens with zero attached hydrogens (tertiary/aromatic N) is 1. The van der Waals surface area contributed by atoms with Crippen LogP contribution in [0.25, 0.3) is 6.08 Å². The van der Waals surface area contributed by atoms with Crippen LogP contribution in [0.3, 0.4) is 0 Å². The van der Waals surface area contributed by atoms with Gasteiger partial charge in [-0.2, -0.15) is 5.26 Å². The summed E-state index contributed by atoms with van der Waals surface area (Å²) in [6, 6.07) is 18.5. The lowest BCUT2D eigenvalue weighted by atomic mass is 10.1. The van der Waals surface area contributed by atoms with Crippen LogP contribution in [0.1, 0.15) is 21.5 Å². The Bertz CT molecular complexity index is 1230. The molecule has 0 heterocycles. The Labute approximate surface area is 191 Å². The zero-order chi connectivity index (χ0) is 23.1. The van der Waals surface area contributed by atoms with Crippen LogP contribution in [0.15, 0.2) is 76.8 Å². The fourth-order valence-electron chi connectivity index (χ4n) is 2.74. The fourth-order valence-corrected chi connectivity index (χ4v) is 3.12. The minimum absolute atomic E-state index is 0.00811. The number of benzene rings is 3. The number of anilines is 1. The monoisotopic (exact) mass is 494 g/mol. The number of nitrogens with one attached hydrogen (secondary N) is 1. The van der Waals surface area contributed by atoms with Crippen LogP contribution in [0.2, 0.25) is 0 Å². The number of halogens is 2. The molecule has 0 spiro atoms. The van der Waals surface area contributed by atoms with Gasteiger partial charge in [-0.05, 0) is 60.2 Å². The van der Waals surface area contributed by atoms with Crippen LogP contribution in [0.5, 0.6) is 5.75 Å². The summed E-state index contributed by atoms with van der Waals surface area (Å²) in [6.07, 6.45) is 1.38. The molecule has 0 aliphatic rings. The quantitative estimate of drug-likeness (QED) is 0.337. The SMILES string of the molecule is N#C/C(=C/c1cc(Br)ccc1OCc1ccc(F)cc1)C(=O)Nc1cccc(C(=O)O)c1. The number of rotatable bonds is 7. The van der Waals surface area contributed by atoms with Gasteiger partial charge in [-0.25, -0.2) is 9.18 Å². The van der Waals surface area contributed by atoms with Crippen molar-refractivity contribution < 1.29 is 23.8 Å². The van der Waals surface area contributed by atoms with E-state index in [9.17, 15) is 19.2 Å². The molecule has 0 saturated heterocycles. The molecule has 2 N–H and O–H groups in total. The largest absolute Gasteiger partial charge is 0.488 e. The molecular weight excluding hydrogens is 479 g/mol. The molecule has 3 aromatic carbocycles. The van der Waals surface area contributed by atoms with Gasteiger partial charge in [0.25, 0.3) is 5.91 Å². The van der Waals surface area contributed by atoms with Gasteiger partial charge in [0, 0.05) is 15.7 Å². The highest BCUT2D eigenvalue weighted by atomic mass is 79.9. The van der Waals surface area contributed by atoms with Gasteiger partial charge in [0.2, 0.25) is 0 Å². The van der Waals surface area contributed by atoms with Crippen molar-refractivity contribution in [2.24, 2.45) is 0 Å². The summed E-state index contributed by atoms with van der Waals surface area (Å²) in [5.41, 5.74) is 1.29. The first kappa shape index (κ1) is 22.7. The average Bonchev–Trinajstić information content (AvgIpc) is 2.78. The van der Waals surface area contributed by atoms with Crippen LogP contribution in [0.4, 0.5) is 10.1 Å². The average molecular weight is 495 g/mol. The van der Waals surface area contributed by atoms with Crippen molar-refractivity contribution >= 4 is 39.6 Å². The van der Waals surface area contributed by atoms with E-state index in [1.54, 1.807) is 30.3 Å². The molecule has 0 unspecified atom stereocenters. The second-order valence-corrected chi connectivity index (χ2v) is 7.52. The Hall–Kier alpha value is -3.96. The van der Waals surface area contributed by atoms with Crippen LogP contribution >= 0.6 is 15.9 Å². The summed E-state index contributed by atoms with van der Waals surface area (Å²) < 4.78 is 19.6. The lowest BCUT2D eigenvalue weighted by Crippen LogP contribution is -2.14. The first-order valence-corrected chi connectivity index (χ1v) is 10.1. The number of ether oxygens (including phenoxy) is 1. The normalized spacial score (nSPS) is 10.8. The second kappa shape index (κ2) is 10.4. The highest BCUT2D eigenvalue weighted by Gasteiger charge is 2.13. The van der Waals surface area contributed by atoms with E-state index in [0.29, 0.717) is 15.8 Å². The van der Waals surface area contributed by atoms with E-state index < -0.39 is 11.9 Å². The van der Waals surface area contributed by atoms with Crippen molar-refractivity contribution in [2.75, 3.05) is 5.32 Å². The molecule has 0 aliphatic heterocycles. The van der Waals surface area contributed by atoms with Crippen LogP contribution in [-0.4, -0.2) is 17.0 Å². The number of nitriles is 1. The molecule has 3 aromatic rings. The van der Waals surface area contributed by atoms with Gasteiger partial charge in [0.05, 0.1) is 5.56 Å². The standard InChI is InChI=1S/C24H16BrFN2O4/c25-19-6-9-22(32-14-15-4-7-20(26)8-5-15)17(11-19)10-18(13-27)23(29)28-21-3-1-2-16(12-21)24(30)31/h1-12H,14H2,(H,28,29)(H,30,31)/b18-10-. The molecule has 0 aliphatic carbocycles. The zero-order valence-electron chi connectivity index (χ0n) is 16.5. The van der Waals surface area contributed by atoms with Crippen molar-refractivity contribution in [2.45, 2.75) is 6.61 Å². The molecule has 8 heteroatoms. The first-order chi connectivity index (χ1) is 15.4. The number of carboxylic acids is 1. The Balaban J connectivity index is 1.82. The van der Waals surface area contributed by atoms with Crippen LogP contribution < -0.4 is 10.1 Å². The van der Waals surface area contributed by atoms with Crippen molar-refractivity contribution in [1.82, 2.24) is 0 Å². The van der Waals surface area contributed by atoms with Gasteiger partial charge in [-0.1, -0.05) is 34.1 Å².